The zero-order valence-electron chi connectivity index (χ0n) is 33.1. The van der Waals surface area contributed by atoms with E-state index in [2.05, 4.69) is 26.0 Å². The van der Waals surface area contributed by atoms with E-state index in [0.717, 1.165) is 51.4 Å². The molecular formula is C41H80NO8P. The first-order valence-electron chi connectivity index (χ1n) is 21.2. The van der Waals surface area contributed by atoms with Gasteiger partial charge < -0.3 is 20.1 Å². The molecule has 0 amide bonds. The molecule has 0 rings (SSSR count). The molecule has 0 heterocycles. The Bertz CT molecular complexity index is 856. The molecule has 0 aliphatic heterocycles. The number of carbonyl (C=O) groups excluding carboxylic acids is 2. The van der Waals surface area contributed by atoms with E-state index in [4.69, 9.17) is 24.3 Å². The average molecular weight is 746 g/mol. The number of allylic oxidation sites excluding steroid dienone is 2. The fourth-order valence-electron chi connectivity index (χ4n) is 5.98. The summed E-state index contributed by atoms with van der Waals surface area (Å²) in [6.07, 6.45) is 38.1. The minimum absolute atomic E-state index is 0.0548. The van der Waals surface area contributed by atoms with Crippen molar-refractivity contribution in [2.75, 3.05) is 26.4 Å². The Kier molecular flexibility index (Phi) is 37.5. The number of hydrogen-bond acceptors (Lipinski definition) is 8. The Morgan fingerprint density at radius 1 is 0.569 bits per heavy atom. The lowest BCUT2D eigenvalue weighted by atomic mass is 10.0. The lowest BCUT2D eigenvalue weighted by Crippen LogP contribution is -2.29. The van der Waals surface area contributed by atoms with Gasteiger partial charge in [0.15, 0.2) is 6.10 Å². The number of nitrogens with two attached hydrogens (primary N) is 1. The summed E-state index contributed by atoms with van der Waals surface area (Å²) in [7, 11) is -4.37. The maximum atomic E-state index is 12.5. The fraction of sp³-hybridized carbons (Fsp3) is 0.902. The summed E-state index contributed by atoms with van der Waals surface area (Å²) < 4.78 is 32.7. The standard InChI is InChI=1S/C41H80NO8P/c1-3-5-7-9-11-13-15-17-19-20-22-23-25-27-29-31-33-40(43)47-37-39(38-49-51(45,46)48-36-35-42)50-41(44)34-32-30-28-26-24-21-18-16-14-12-10-8-6-4-2/h16,18,39H,3-15,17,19-38,42H2,1-2H3,(H,45,46)/b18-16-. The number of unbranched alkanes of at least 4 members (excludes halogenated alkanes) is 25. The normalized spacial score (nSPS) is 13.4. The molecule has 0 saturated heterocycles. The third kappa shape index (κ3) is 38.3. The van der Waals surface area contributed by atoms with E-state index < -0.39 is 26.5 Å². The number of phosphoric ester groups is 1. The molecule has 10 heteroatoms. The highest BCUT2D eigenvalue weighted by Gasteiger charge is 2.26. The van der Waals surface area contributed by atoms with Gasteiger partial charge in [-0.3, -0.25) is 18.6 Å². The van der Waals surface area contributed by atoms with Gasteiger partial charge in [0.2, 0.25) is 0 Å². The topological polar surface area (TPSA) is 134 Å². The molecule has 9 nitrogen and oxygen atoms in total. The summed E-state index contributed by atoms with van der Waals surface area (Å²) in [6, 6.07) is 0. The van der Waals surface area contributed by atoms with Gasteiger partial charge in [-0.15, -0.1) is 0 Å². The number of phosphoric acid groups is 1. The van der Waals surface area contributed by atoms with Crippen LogP contribution in [0.3, 0.4) is 0 Å². The molecule has 302 valence electrons. The van der Waals surface area contributed by atoms with Gasteiger partial charge >= 0.3 is 19.8 Å². The predicted molar refractivity (Wildman–Crippen MR) is 211 cm³/mol. The minimum atomic E-state index is -4.37. The quantitative estimate of drug-likeness (QED) is 0.0272. The van der Waals surface area contributed by atoms with E-state index >= 15 is 0 Å². The Hall–Kier alpha value is -1.25. The molecule has 0 bridgehead atoms. The van der Waals surface area contributed by atoms with Crippen LogP contribution in [0.5, 0.6) is 0 Å². The zero-order chi connectivity index (χ0) is 37.5. The van der Waals surface area contributed by atoms with Crippen LogP contribution in [0.15, 0.2) is 12.2 Å². The van der Waals surface area contributed by atoms with Crippen LogP contribution in [0.1, 0.15) is 206 Å². The molecule has 0 aromatic rings. The second-order valence-electron chi connectivity index (χ2n) is 14.2. The number of carbonyl (C=O) groups is 2. The second kappa shape index (κ2) is 38.5. The van der Waals surface area contributed by atoms with E-state index in [1.165, 1.54) is 122 Å². The van der Waals surface area contributed by atoms with Crippen molar-refractivity contribution in [1.29, 1.82) is 0 Å². The minimum Gasteiger partial charge on any atom is -0.462 e. The molecule has 0 fully saturated rings. The third-order valence-corrected chi connectivity index (χ3v) is 10.1. The highest BCUT2D eigenvalue weighted by molar-refractivity contribution is 7.47. The molecule has 2 unspecified atom stereocenters. The van der Waals surface area contributed by atoms with E-state index in [0.29, 0.717) is 6.42 Å². The third-order valence-electron chi connectivity index (χ3n) is 9.15. The average Bonchev–Trinajstić information content (AvgIpc) is 3.11. The van der Waals surface area contributed by atoms with Gasteiger partial charge in [-0.25, -0.2) is 4.57 Å². The Morgan fingerprint density at radius 3 is 1.39 bits per heavy atom. The van der Waals surface area contributed by atoms with Gasteiger partial charge in [-0.1, -0.05) is 167 Å². The molecule has 0 radical (unpaired) electrons. The maximum absolute atomic E-state index is 12.5. The lowest BCUT2D eigenvalue weighted by Gasteiger charge is -2.19. The number of hydrogen-bond donors (Lipinski definition) is 2. The van der Waals surface area contributed by atoms with E-state index in [-0.39, 0.29) is 38.6 Å². The van der Waals surface area contributed by atoms with Crippen LogP contribution < -0.4 is 5.73 Å². The van der Waals surface area contributed by atoms with Crippen molar-refractivity contribution in [2.24, 2.45) is 5.73 Å². The monoisotopic (exact) mass is 746 g/mol. The Labute approximate surface area is 313 Å². The van der Waals surface area contributed by atoms with Crippen molar-refractivity contribution < 1.29 is 37.6 Å². The van der Waals surface area contributed by atoms with E-state index in [1.807, 2.05) is 0 Å². The van der Waals surface area contributed by atoms with Crippen molar-refractivity contribution in [2.45, 2.75) is 213 Å². The highest BCUT2D eigenvalue weighted by atomic mass is 31.2. The maximum Gasteiger partial charge on any atom is 0.472 e. The Balaban J connectivity index is 4.14. The predicted octanol–water partition coefficient (Wildman–Crippen LogP) is 11.8. The van der Waals surface area contributed by atoms with Crippen LogP contribution in [-0.4, -0.2) is 49.3 Å². The van der Waals surface area contributed by atoms with Gasteiger partial charge in [-0.05, 0) is 38.5 Å². The first-order chi connectivity index (χ1) is 24.8. The van der Waals surface area contributed by atoms with Crippen LogP contribution in [0.2, 0.25) is 0 Å². The lowest BCUT2D eigenvalue weighted by molar-refractivity contribution is -0.161. The van der Waals surface area contributed by atoms with E-state index in [9.17, 15) is 19.0 Å². The van der Waals surface area contributed by atoms with Crippen molar-refractivity contribution >= 4 is 19.8 Å². The molecule has 0 aliphatic carbocycles. The van der Waals surface area contributed by atoms with Crippen LogP contribution in [0.25, 0.3) is 0 Å². The van der Waals surface area contributed by atoms with Crippen molar-refractivity contribution in [3.63, 3.8) is 0 Å². The second-order valence-corrected chi connectivity index (χ2v) is 15.7. The largest absolute Gasteiger partial charge is 0.472 e. The van der Waals surface area contributed by atoms with Crippen molar-refractivity contribution in [3.8, 4) is 0 Å². The van der Waals surface area contributed by atoms with Gasteiger partial charge in [0.1, 0.15) is 6.61 Å². The van der Waals surface area contributed by atoms with Crippen LogP contribution in [0, 0.1) is 0 Å². The molecular weight excluding hydrogens is 665 g/mol. The molecule has 0 aromatic carbocycles. The van der Waals surface area contributed by atoms with Crippen LogP contribution in [-0.2, 0) is 32.7 Å². The molecule has 0 spiro atoms. The summed E-state index contributed by atoms with van der Waals surface area (Å²) in [5.41, 5.74) is 5.34. The van der Waals surface area contributed by atoms with Gasteiger partial charge in [0, 0.05) is 19.4 Å². The van der Waals surface area contributed by atoms with Crippen LogP contribution in [0.4, 0.5) is 0 Å². The van der Waals surface area contributed by atoms with Gasteiger partial charge in [-0.2, -0.15) is 0 Å². The summed E-state index contributed by atoms with van der Waals surface area (Å²) in [6.45, 7) is 3.73. The SMILES string of the molecule is CCCCCCC/C=C\CCCCCCCC(=O)OC(COC(=O)CCCCCCCCCCCCCCCCCC)COP(=O)(O)OCCN. The van der Waals surface area contributed by atoms with Crippen LogP contribution >= 0.6 is 7.82 Å². The smallest absolute Gasteiger partial charge is 0.462 e. The summed E-state index contributed by atoms with van der Waals surface area (Å²) in [5.74, 6) is -0.829. The van der Waals surface area contributed by atoms with Gasteiger partial charge in [0.25, 0.3) is 0 Å². The molecule has 2 atom stereocenters. The fourth-order valence-corrected chi connectivity index (χ4v) is 6.75. The highest BCUT2D eigenvalue weighted by Crippen LogP contribution is 2.43. The summed E-state index contributed by atoms with van der Waals surface area (Å²) in [4.78, 5) is 34.8. The summed E-state index contributed by atoms with van der Waals surface area (Å²) >= 11 is 0. The number of ether oxygens (including phenoxy) is 2. The first kappa shape index (κ1) is 49.8. The van der Waals surface area contributed by atoms with Gasteiger partial charge in [0.05, 0.1) is 13.2 Å². The zero-order valence-corrected chi connectivity index (χ0v) is 34.0. The van der Waals surface area contributed by atoms with Crippen molar-refractivity contribution in [1.82, 2.24) is 0 Å². The molecule has 3 N–H and O–H groups in total. The summed E-state index contributed by atoms with van der Waals surface area (Å²) in [5, 5.41) is 0. The van der Waals surface area contributed by atoms with E-state index in [1.54, 1.807) is 0 Å². The first-order valence-corrected chi connectivity index (χ1v) is 22.7. The van der Waals surface area contributed by atoms with Crippen molar-refractivity contribution in [3.05, 3.63) is 12.2 Å². The molecule has 0 aliphatic rings. The molecule has 0 aromatic heterocycles. The Morgan fingerprint density at radius 2 is 0.961 bits per heavy atom. The number of rotatable bonds is 40. The number of esters is 2. The molecule has 51 heavy (non-hydrogen) atoms. The molecule has 0 saturated carbocycles.